The molecule has 9 nitrogen and oxygen atoms in total. The molecular weight excluding hydrogens is 640 g/mol. The van der Waals surface area contributed by atoms with Gasteiger partial charge in [0.05, 0.1) is 37.2 Å². The van der Waals surface area contributed by atoms with E-state index in [9.17, 15) is 9.00 Å². The molecule has 4 rings (SSSR count). The lowest BCUT2D eigenvalue weighted by Crippen LogP contribution is -2.26. The lowest BCUT2D eigenvalue weighted by Gasteiger charge is -2.23. The molecule has 43 heavy (non-hydrogen) atoms. The normalized spacial score (nSPS) is 11.7. The summed E-state index contributed by atoms with van der Waals surface area (Å²) in [6, 6.07) is 12.6. The number of methoxy groups -OCH3 is 2. The molecule has 0 aliphatic rings. The third-order valence-electron chi connectivity index (χ3n) is 6.13. The number of aliphatic carboxylic acids is 1. The van der Waals surface area contributed by atoms with Gasteiger partial charge >= 0.3 is 5.97 Å². The highest BCUT2D eigenvalue weighted by molar-refractivity contribution is 7.86. The van der Waals surface area contributed by atoms with Gasteiger partial charge in [0, 0.05) is 34.3 Å². The van der Waals surface area contributed by atoms with E-state index in [0.29, 0.717) is 52.4 Å². The number of carboxylic acid groups (broad SMARTS) is 1. The summed E-state index contributed by atoms with van der Waals surface area (Å²) in [5, 5.41) is 14.3. The van der Waals surface area contributed by atoms with Gasteiger partial charge < -0.3 is 24.6 Å². The number of rotatable bonds is 15. The van der Waals surface area contributed by atoms with Crippen LogP contribution in [0.1, 0.15) is 17.5 Å². The number of hydrogen-bond donors (Lipinski definition) is 2. The molecule has 3 aromatic carbocycles. The van der Waals surface area contributed by atoms with Crippen LogP contribution in [-0.4, -0.2) is 47.6 Å². The second kappa shape index (κ2) is 15.3. The predicted octanol–water partition coefficient (Wildman–Crippen LogP) is 6.73. The Bertz CT molecular complexity index is 1590. The van der Waals surface area contributed by atoms with Crippen LogP contribution in [-0.2, 0) is 28.7 Å². The molecule has 0 saturated carbocycles. The Balaban J connectivity index is 1.58. The van der Waals surface area contributed by atoms with E-state index in [0.717, 1.165) is 11.6 Å². The second-order valence-electron chi connectivity index (χ2n) is 9.02. The summed E-state index contributed by atoms with van der Waals surface area (Å²) in [5.74, 6) is -0.178. The predicted molar refractivity (Wildman–Crippen MR) is 166 cm³/mol. The van der Waals surface area contributed by atoms with Crippen molar-refractivity contribution in [3.63, 3.8) is 0 Å². The van der Waals surface area contributed by atoms with Crippen molar-refractivity contribution in [2.24, 2.45) is 0 Å². The molecule has 0 radical (unpaired) electrons. The van der Waals surface area contributed by atoms with Crippen molar-refractivity contribution in [1.82, 2.24) is 10.3 Å². The molecule has 1 unspecified atom stereocenters. The van der Waals surface area contributed by atoms with E-state index in [4.69, 9.17) is 42.5 Å². The van der Waals surface area contributed by atoms with Crippen LogP contribution < -0.4 is 23.8 Å². The highest BCUT2D eigenvalue weighted by Crippen LogP contribution is 2.37. The smallest absolute Gasteiger partial charge is 0.317 e. The molecule has 0 spiro atoms. The van der Waals surface area contributed by atoms with Crippen LogP contribution in [0.2, 0.25) is 10.0 Å². The van der Waals surface area contributed by atoms with Crippen molar-refractivity contribution in [2.75, 3.05) is 31.6 Å². The number of benzene rings is 3. The average Bonchev–Trinajstić information content (AvgIpc) is 3.53. The third kappa shape index (κ3) is 8.58. The maximum Gasteiger partial charge on any atom is 0.317 e. The van der Waals surface area contributed by atoms with Gasteiger partial charge in [-0.15, -0.1) is 11.3 Å². The molecule has 4 aromatic rings. The van der Waals surface area contributed by atoms with Crippen molar-refractivity contribution < 1.29 is 32.7 Å². The number of aromatic nitrogens is 1. The number of halogens is 3. The molecule has 228 valence electrons. The van der Waals surface area contributed by atoms with E-state index >= 15 is 4.39 Å². The molecular formula is C29H28Cl2FN3O6S2. The average molecular weight is 669 g/mol. The van der Waals surface area contributed by atoms with Gasteiger partial charge in [-0.05, 0) is 61.3 Å². The topological polar surface area (TPSA) is 110 Å². The van der Waals surface area contributed by atoms with Crippen molar-refractivity contribution >= 4 is 56.6 Å². The lowest BCUT2D eigenvalue weighted by atomic mass is 10.1. The number of hydrogen-bond acceptors (Lipinski definition) is 8. The quantitative estimate of drug-likeness (QED) is 0.134. The second-order valence-corrected chi connectivity index (χ2v) is 12.1. The Hall–Kier alpha value is -3.42. The molecule has 0 fully saturated rings. The Labute approximate surface area is 264 Å². The highest BCUT2D eigenvalue weighted by atomic mass is 35.5. The van der Waals surface area contributed by atoms with Gasteiger partial charge in [0.25, 0.3) is 0 Å². The largest absolute Gasteiger partial charge is 0.497 e. The van der Waals surface area contributed by atoms with Crippen molar-refractivity contribution in [1.29, 1.82) is 0 Å². The SMILES string of the molecule is COc1ccc(CN(c2nccs2)S(=O)c2cc(Cl)c(Oc3ccc(Cl)cc3CCCNCC(=O)O)cc2F)c(OC)c1. The Morgan fingerprint density at radius 3 is 2.58 bits per heavy atom. The summed E-state index contributed by atoms with van der Waals surface area (Å²) < 4.78 is 47.7. The first-order valence-corrected chi connectivity index (χ1v) is 15.6. The molecule has 1 aromatic heterocycles. The van der Waals surface area contributed by atoms with Gasteiger partial charge in [-0.3, -0.25) is 9.10 Å². The Morgan fingerprint density at radius 1 is 1.07 bits per heavy atom. The maximum absolute atomic E-state index is 15.6. The van der Waals surface area contributed by atoms with E-state index in [1.54, 1.807) is 55.1 Å². The Morgan fingerprint density at radius 2 is 1.88 bits per heavy atom. The first-order chi connectivity index (χ1) is 20.7. The van der Waals surface area contributed by atoms with Crippen LogP contribution in [0.15, 0.2) is 65.0 Å². The molecule has 0 aliphatic carbocycles. The van der Waals surface area contributed by atoms with Crippen LogP contribution in [0.25, 0.3) is 0 Å². The minimum absolute atomic E-state index is 0.0325. The van der Waals surface area contributed by atoms with Crippen LogP contribution in [0, 0.1) is 5.82 Å². The fraction of sp³-hybridized carbons (Fsp3) is 0.241. The molecule has 0 amide bonds. The first-order valence-electron chi connectivity index (χ1n) is 12.9. The number of aryl methyl sites for hydroxylation is 1. The fourth-order valence-electron chi connectivity index (χ4n) is 4.08. The number of carbonyl (C=O) groups is 1. The van der Waals surface area contributed by atoms with E-state index in [-0.39, 0.29) is 28.8 Å². The van der Waals surface area contributed by atoms with E-state index in [1.807, 2.05) is 0 Å². The van der Waals surface area contributed by atoms with Crippen LogP contribution >= 0.6 is 34.5 Å². The lowest BCUT2D eigenvalue weighted by molar-refractivity contribution is -0.135. The van der Waals surface area contributed by atoms with Crippen molar-refractivity contribution in [3.8, 4) is 23.0 Å². The number of nitrogens with zero attached hydrogens (tertiary/aromatic N) is 2. The van der Waals surface area contributed by atoms with Crippen LogP contribution in [0.5, 0.6) is 23.0 Å². The van der Waals surface area contributed by atoms with E-state index in [2.05, 4.69) is 10.3 Å². The maximum atomic E-state index is 15.6. The molecule has 1 atom stereocenters. The van der Waals surface area contributed by atoms with Gasteiger partial charge in [-0.1, -0.05) is 23.2 Å². The first kappa shape index (κ1) is 32.5. The van der Waals surface area contributed by atoms with Gasteiger partial charge in [-0.2, -0.15) is 0 Å². The fourth-order valence-corrected chi connectivity index (χ4v) is 6.54. The van der Waals surface area contributed by atoms with Gasteiger partial charge in [-0.25, -0.2) is 13.6 Å². The summed E-state index contributed by atoms with van der Waals surface area (Å²) in [4.78, 5) is 14.9. The van der Waals surface area contributed by atoms with E-state index in [1.165, 1.54) is 28.8 Å². The molecule has 1 heterocycles. The van der Waals surface area contributed by atoms with Crippen LogP contribution in [0.4, 0.5) is 9.52 Å². The molecule has 0 saturated heterocycles. The van der Waals surface area contributed by atoms with Gasteiger partial charge in [0.1, 0.15) is 28.8 Å². The van der Waals surface area contributed by atoms with Gasteiger partial charge in [0.2, 0.25) is 0 Å². The minimum atomic E-state index is -2.05. The number of nitrogens with one attached hydrogen (secondary N) is 1. The molecule has 0 bridgehead atoms. The minimum Gasteiger partial charge on any atom is -0.497 e. The zero-order valence-electron chi connectivity index (χ0n) is 23.1. The molecule has 14 heteroatoms. The number of thiazole rings is 1. The zero-order valence-corrected chi connectivity index (χ0v) is 26.3. The van der Waals surface area contributed by atoms with Crippen molar-refractivity contribution in [3.05, 3.63) is 87.1 Å². The number of anilines is 1. The molecule has 2 N–H and O–H groups in total. The monoisotopic (exact) mass is 667 g/mol. The summed E-state index contributed by atoms with van der Waals surface area (Å²) in [6.45, 7) is 0.416. The number of carboxylic acids is 1. The highest BCUT2D eigenvalue weighted by Gasteiger charge is 2.25. The summed E-state index contributed by atoms with van der Waals surface area (Å²) in [7, 11) is 1.01. The summed E-state index contributed by atoms with van der Waals surface area (Å²) >= 11 is 14.0. The third-order valence-corrected chi connectivity index (χ3v) is 8.97. The number of ether oxygens (including phenoxy) is 3. The van der Waals surface area contributed by atoms with E-state index < -0.39 is 22.8 Å². The summed E-state index contributed by atoms with van der Waals surface area (Å²) in [5.41, 5.74) is 1.42. The van der Waals surface area contributed by atoms with Crippen LogP contribution in [0.3, 0.4) is 0 Å². The van der Waals surface area contributed by atoms with Crippen molar-refractivity contribution in [2.45, 2.75) is 24.3 Å². The zero-order chi connectivity index (χ0) is 30.9. The summed E-state index contributed by atoms with van der Waals surface area (Å²) in [6.07, 6.45) is 2.69. The Kier molecular flexibility index (Phi) is 11.6. The standard InChI is InChI=1S/C29H28Cl2FN3O6S2/c1-39-21-7-5-19(25(13-21)40-2)17-35(29-34-10-11-42-29)43(38)27-14-22(31)26(15-23(27)32)41-24-8-6-20(30)12-18(24)4-3-9-33-16-28(36)37/h5-8,10-15,33H,3-4,9,16-17H2,1-2H3,(H,36,37). The van der Waals surface area contributed by atoms with Gasteiger partial charge in [0.15, 0.2) is 16.1 Å². The molecule has 0 aliphatic heterocycles.